The van der Waals surface area contributed by atoms with Gasteiger partial charge in [-0.05, 0) is 25.7 Å². The average Bonchev–Trinajstić information content (AvgIpc) is 2.54. The van der Waals surface area contributed by atoms with E-state index in [-0.39, 0.29) is 23.7 Å². The van der Waals surface area contributed by atoms with Crippen LogP contribution in [-0.4, -0.2) is 42.6 Å². The van der Waals surface area contributed by atoms with Crippen molar-refractivity contribution in [1.82, 2.24) is 4.98 Å². The van der Waals surface area contributed by atoms with Crippen molar-refractivity contribution in [3.63, 3.8) is 0 Å². The fraction of sp³-hybridized carbons (Fsp3) is 0.600. The van der Waals surface area contributed by atoms with Crippen molar-refractivity contribution >= 4 is 23.3 Å². The van der Waals surface area contributed by atoms with Gasteiger partial charge in [0.15, 0.2) is 0 Å². The second-order valence-corrected chi connectivity index (χ2v) is 5.62. The molecule has 1 aliphatic rings. The summed E-state index contributed by atoms with van der Waals surface area (Å²) in [4.78, 5) is 29.2. The number of nitrogens with one attached hydrogen (secondary N) is 1. The molecule has 2 rings (SSSR count). The lowest BCUT2D eigenvalue weighted by Crippen LogP contribution is -2.35. The van der Waals surface area contributed by atoms with Crippen molar-refractivity contribution in [2.75, 3.05) is 37.0 Å². The third-order valence-electron chi connectivity index (χ3n) is 3.99. The van der Waals surface area contributed by atoms with Gasteiger partial charge in [-0.3, -0.25) is 10.1 Å². The van der Waals surface area contributed by atoms with Gasteiger partial charge < -0.3 is 15.0 Å². The zero-order valence-electron chi connectivity index (χ0n) is 13.7. The quantitative estimate of drug-likeness (QED) is 0.505. The Bertz CT molecular complexity index is 597. The highest BCUT2D eigenvalue weighted by atomic mass is 16.6. The Hall–Kier alpha value is -2.38. The summed E-state index contributed by atoms with van der Waals surface area (Å²) < 4.78 is 5.04. The number of piperidine rings is 1. The van der Waals surface area contributed by atoms with Crippen LogP contribution in [0.5, 0.6) is 0 Å². The number of anilines is 2. The molecule has 0 saturated carbocycles. The average molecular weight is 322 g/mol. The maximum absolute atomic E-state index is 12.2. The minimum Gasteiger partial charge on any atom is -0.462 e. The summed E-state index contributed by atoms with van der Waals surface area (Å²) in [6, 6.07) is 1.25. The zero-order chi connectivity index (χ0) is 17.0. The van der Waals surface area contributed by atoms with Crippen LogP contribution in [0.15, 0.2) is 6.07 Å². The summed E-state index contributed by atoms with van der Waals surface area (Å²) in [7, 11) is 1.57. The lowest BCUT2D eigenvalue weighted by atomic mass is 9.99. The smallest absolute Gasteiger partial charge is 0.342 e. The highest BCUT2D eigenvalue weighted by molar-refractivity contribution is 5.96. The topological polar surface area (TPSA) is 97.6 Å². The molecule has 0 aromatic carbocycles. The number of aromatic nitrogens is 1. The van der Waals surface area contributed by atoms with E-state index in [1.54, 1.807) is 14.0 Å². The number of carbonyl (C=O) groups is 1. The number of esters is 1. The molecule has 1 aliphatic heterocycles. The number of rotatable bonds is 5. The molecule has 0 bridgehead atoms. The van der Waals surface area contributed by atoms with E-state index in [0.717, 1.165) is 25.9 Å². The normalized spacial score (nSPS) is 15.3. The van der Waals surface area contributed by atoms with Gasteiger partial charge in [-0.25, -0.2) is 9.78 Å². The van der Waals surface area contributed by atoms with Crippen LogP contribution in [0.1, 0.15) is 37.0 Å². The van der Waals surface area contributed by atoms with Crippen LogP contribution in [0, 0.1) is 16.0 Å². The lowest BCUT2D eigenvalue weighted by Gasteiger charge is -2.32. The predicted molar refractivity (Wildman–Crippen MR) is 87.0 cm³/mol. The molecule has 126 valence electrons. The Morgan fingerprint density at radius 1 is 1.52 bits per heavy atom. The largest absolute Gasteiger partial charge is 0.462 e. The molecule has 1 aromatic heterocycles. The molecule has 23 heavy (non-hydrogen) atoms. The van der Waals surface area contributed by atoms with Crippen LogP contribution in [0.2, 0.25) is 0 Å². The highest BCUT2D eigenvalue weighted by Gasteiger charge is 2.28. The number of nitrogens with zero attached hydrogens (tertiary/aromatic N) is 3. The van der Waals surface area contributed by atoms with Crippen molar-refractivity contribution in [3.8, 4) is 0 Å². The van der Waals surface area contributed by atoms with Gasteiger partial charge in [0, 0.05) is 26.2 Å². The van der Waals surface area contributed by atoms with Crippen LogP contribution in [0.25, 0.3) is 0 Å². The van der Waals surface area contributed by atoms with Crippen LogP contribution in [0.4, 0.5) is 17.3 Å². The maximum atomic E-state index is 12.2. The van der Waals surface area contributed by atoms with Gasteiger partial charge in [0.05, 0.1) is 11.5 Å². The monoisotopic (exact) mass is 322 g/mol. The molecule has 0 aliphatic carbocycles. The van der Waals surface area contributed by atoms with Crippen LogP contribution >= 0.6 is 0 Å². The molecule has 1 aromatic rings. The molecular weight excluding hydrogens is 300 g/mol. The molecule has 1 saturated heterocycles. The maximum Gasteiger partial charge on any atom is 0.342 e. The van der Waals surface area contributed by atoms with E-state index in [2.05, 4.69) is 17.2 Å². The second kappa shape index (κ2) is 7.26. The number of hydrogen-bond acceptors (Lipinski definition) is 7. The summed E-state index contributed by atoms with van der Waals surface area (Å²) >= 11 is 0. The Kier molecular flexibility index (Phi) is 5.36. The molecular formula is C15H22N4O4. The van der Waals surface area contributed by atoms with E-state index in [1.165, 1.54) is 6.07 Å². The van der Waals surface area contributed by atoms with Gasteiger partial charge in [-0.1, -0.05) is 6.92 Å². The highest BCUT2D eigenvalue weighted by Crippen LogP contribution is 2.32. The standard InChI is InChI=1S/C15H22N4O4/c1-4-23-15(20)11-9-12(19(21)22)13(16-3)17-14(11)18-7-5-10(2)6-8-18/h9-10H,4-8H2,1-3H3,(H,16,17). The Morgan fingerprint density at radius 2 is 2.17 bits per heavy atom. The van der Waals surface area contributed by atoms with Crippen molar-refractivity contribution in [2.24, 2.45) is 5.92 Å². The summed E-state index contributed by atoms with van der Waals surface area (Å²) in [5, 5.41) is 13.9. The molecule has 1 N–H and O–H groups in total. The third kappa shape index (κ3) is 3.69. The summed E-state index contributed by atoms with van der Waals surface area (Å²) in [5.41, 5.74) is -0.0863. The number of ether oxygens (including phenoxy) is 1. The second-order valence-electron chi connectivity index (χ2n) is 5.62. The SMILES string of the molecule is CCOC(=O)c1cc([N+](=O)[O-])c(NC)nc1N1CCC(C)CC1. The van der Waals surface area contributed by atoms with Gasteiger partial charge in [0.25, 0.3) is 0 Å². The Morgan fingerprint density at radius 3 is 2.70 bits per heavy atom. The molecule has 1 fully saturated rings. The lowest BCUT2D eigenvalue weighted by molar-refractivity contribution is -0.384. The van der Waals surface area contributed by atoms with Gasteiger partial charge in [-0.15, -0.1) is 0 Å². The Balaban J connectivity index is 2.48. The molecule has 0 unspecified atom stereocenters. The molecule has 0 amide bonds. The van der Waals surface area contributed by atoms with Crippen LogP contribution in [-0.2, 0) is 4.74 Å². The van der Waals surface area contributed by atoms with Crippen LogP contribution < -0.4 is 10.2 Å². The van der Waals surface area contributed by atoms with E-state index in [0.29, 0.717) is 11.7 Å². The van der Waals surface area contributed by atoms with Gasteiger partial charge in [0.2, 0.25) is 5.82 Å². The summed E-state index contributed by atoms with van der Waals surface area (Å²) in [6.07, 6.45) is 1.99. The van der Waals surface area contributed by atoms with E-state index in [1.807, 2.05) is 4.90 Å². The number of carbonyl (C=O) groups excluding carboxylic acids is 1. The third-order valence-corrected chi connectivity index (χ3v) is 3.99. The van der Waals surface area contributed by atoms with Crippen molar-refractivity contribution in [3.05, 3.63) is 21.7 Å². The first-order valence-electron chi connectivity index (χ1n) is 7.77. The minimum absolute atomic E-state index is 0.145. The fourth-order valence-electron chi connectivity index (χ4n) is 2.64. The molecule has 2 heterocycles. The van der Waals surface area contributed by atoms with Crippen molar-refractivity contribution in [1.29, 1.82) is 0 Å². The first-order chi connectivity index (χ1) is 11.0. The first-order valence-corrected chi connectivity index (χ1v) is 7.77. The predicted octanol–water partition coefficient (Wildman–Crippen LogP) is 2.44. The van der Waals surface area contributed by atoms with Gasteiger partial charge >= 0.3 is 11.7 Å². The van der Waals surface area contributed by atoms with E-state index in [9.17, 15) is 14.9 Å². The van der Waals surface area contributed by atoms with Crippen LogP contribution in [0.3, 0.4) is 0 Å². The van der Waals surface area contributed by atoms with Crippen molar-refractivity contribution in [2.45, 2.75) is 26.7 Å². The first kappa shape index (κ1) is 17.0. The van der Waals surface area contributed by atoms with E-state index in [4.69, 9.17) is 4.74 Å². The molecule has 0 radical (unpaired) electrons. The Labute approximate surface area is 135 Å². The fourth-order valence-corrected chi connectivity index (χ4v) is 2.64. The summed E-state index contributed by atoms with van der Waals surface area (Å²) in [5.74, 6) is 0.639. The molecule has 0 spiro atoms. The summed E-state index contributed by atoms with van der Waals surface area (Å²) in [6.45, 7) is 5.62. The number of hydrogen-bond donors (Lipinski definition) is 1. The number of nitro groups is 1. The van der Waals surface area contributed by atoms with E-state index < -0.39 is 10.9 Å². The minimum atomic E-state index is -0.584. The van der Waals surface area contributed by atoms with E-state index >= 15 is 0 Å². The molecule has 0 atom stereocenters. The molecule has 8 heteroatoms. The van der Waals surface area contributed by atoms with Gasteiger partial charge in [-0.2, -0.15) is 0 Å². The van der Waals surface area contributed by atoms with Gasteiger partial charge in [0.1, 0.15) is 11.4 Å². The molecule has 8 nitrogen and oxygen atoms in total. The number of pyridine rings is 1. The van der Waals surface area contributed by atoms with Crippen molar-refractivity contribution < 1.29 is 14.5 Å². The zero-order valence-corrected chi connectivity index (χ0v) is 13.7.